The maximum Gasteiger partial charge on any atom is 0.322 e. The Hall–Kier alpha value is -1.40. The van der Waals surface area contributed by atoms with E-state index in [1.165, 1.54) is 0 Å². The summed E-state index contributed by atoms with van der Waals surface area (Å²) in [4.78, 5) is 11.2. The van der Waals surface area contributed by atoms with E-state index in [4.69, 9.17) is 0 Å². The third kappa shape index (κ3) is 4.82. The number of hydrogen-bond donors (Lipinski definition) is 2. The summed E-state index contributed by atoms with van der Waals surface area (Å²) >= 11 is 0. The molecule has 1 aromatic carbocycles. The van der Waals surface area contributed by atoms with Crippen LogP contribution in [0.1, 0.15) is 37.0 Å². The third-order valence-corrected chi connectivity index (χ3v) is 5.05. The van der Waals surface area contributed by atoms with Gasteiger partial charge in [0, 0.05) is 0 Å². The first-order valence-corrected chi connectivity index (χ1v) is 8.61. The molecule has 0 unspecified atom stereocenters. The van der Waals surface area contributed by atoms with Crippen LogP contribution in [0.15, 0.2) is 18.2 Å². The lowest BCUT2D eigenvalue weighted by Crippen LogP contribution is -2.45. The van der Waals surface area contributed by atoms with E-state index >= 15 is 0 Å². The van der Waals surface area contributed by atoms with Crippen molar-refractivity contribution < 1.29 is 18.3 Å². The number of aryl methyl sites for hydroxylation is 2. The van der Waals surface area contributed by atoms with E-state index in [-0.39, 0.29) is 11.7 Å². The predicted molar refractivity (Wildman–Crippen MR) is 82.6 cm³/mol. The van der Waals surface area contributed by atoms with Gasteiger partial charge in [0.25, 0.3) is 0 Å². The molecular weight excluding hydrogens is 290 g/mol. The van der Waals surface area contributed by atoms with Crippen molar-refractivity contribution in [1.82, 2.24) is 4.72 Å². The average Bonchev–Trinajstić information content (AvgIpc) is 2.39. The molecule has 0 radical (unpaired) electrons. The monoisotopic (exact) mass is 313 g/mol. The third-order valence-electron chi connectivity index (χ3n) is 3.76. The minimum atomic E-state index is -3.71. The lowest BCUT2D eigenvalue weighted by Gasteiger charge is -2.20. The van der Waals surface area contributed by atoms with E-state index in [0.717, 1.165) is 16.7 Å². The highest BCUT2D eigenvalue weighted by molar-refractivity contribution is 7.88. The number of rotatable bonds is 7. The van der Waals surface area contributed by atoms with Crippen molar-refractivity contribution in [3.63, 3.8) is 0 Å². The molecule has 0 aliphatic heterocycles. The van der Waals surface area contributed by atoms with Crippen molar-refractivity contribution >= 4 is 16.0 Å². The molecule has 0 spiro atoms. The largest absolute Gasteiger partial charge is 0.480 e. The highest BCUT2D eigenvalue weighted by Crippen LogP contribution is 2.17. The zero-order chi connectivity index (χ0) is 16.2. The lowest BCUT2D eigenvalue weighted by molar-refractivity contribution is -0.140. The molecule has 118 valence electrons. The molecule has 0 saturated carbocycles. The fourth-order valence-electron chi connectivity index (χ4n) is 2.15. The Morgan fingerprint density at radius 1 is 1.29 bits per heavy atom. The van der Waals surface area contributed by atoms with Crippen LogP contribution in [-0.2, 0) is 20.6 Å². The molecule has 0 fully saturated rings. The average molecular weight is 313 g/mol. The van der Waals surface area contributed by atoms with E-state index in [9.17, 15) is 18.3 Å². The van der Waals surface area contributed by atoms with Crippen molar-refractivity contribution in [3.05, 3.63) is 34.9 Å². The van der Waals surface area contributed by atoms with Gasteiger partial charge in [-0.05, 0) is 36.5 Å². The molecule has 21 heavy (non-hydrogen) atoms. The SMILES string of the molecule is CC[C@H](C)[C@H](NS(=O)(=O)Cc1c(C)cccc1C)C(=O)O. The van der Waals surface area contributed by atoms with Gasteiger partial charge in [0.15, 0.2) is 0 Å². The van der Waals surface area contributed by atoms with Gasteiger partial charge in [0.05, 0.1) is 5.75 Å². The summed E-state index contributed by atoms with van der Waals surface area (Å²) < 4.78 is 26.8. The highest BCUT2D eigenvalue weighted by atomic mass is 32.2. The van der Waals surface area contributed by atoms with Crippen molar-refractivity contribution in [2.45, 2.75) is 45.9 Å². The van der Waals surface area contributed by atoms with Crippen LogP contribution in [0.2, 0.25) is 0 Å². The van der Waals surface area contributed by atoms with Gasteiger partial charge in [-0.2, -0.15) is 0 Å². The standard InChI is InChI=1S/C15H23NO4S/c1-5-10(2)14(15(17)18)16-21(19,20)9-13-11(3)7-6-8-12(13)4/h6-8,10,14,16H,5,9H2,1-4H3,(H,17,18)/t10-,14-/m0/s1. The van der Waals surface area contributed by atoms with Gasteiger partial charge in [0.1, 0.15) is 6.04 Å². The molecule has 0 bridgehead atoms. The summed E-state index contributed by atoms with van der Waals surface area (Å²) in [5.74, 6) is -1.61. The summed E-state index contributed by atoms with van der Waals surface area (Å²) in [6.07, 6.45) is 0.586. The number of carboxylic acid groups (broad SMARTS) is 1. The zero-order valence-electron chi connectivity index (χ0n) is 12.9. The Balaban J connectivity index is 2.99. The van der Waals surface area contributed by atoms with Crippen LogP contribution in [0, 0.1) is 19.8 Å². The molecule has 0 heterocycles. The normalized spacial score (nSPS) is 14.7. The number of benzene rings is 1. The topological polar surface area (TPSA) is 83.5 Å². The van der Waals surface area contributed by atoms with Crippen molar-refractivity contribution in [2.24, 2.45) is 5.92 Å². The van der Waals surface area contributed by atoms with Crippen LogP contribution in [0.3, 0.4) is 0 Å². The number of aliphatic carboxylic acids is 1. The molecule has 0 saturated heterocycles. The van der Waals surface area contributed by atoms with Crippen molar-refractivity contribution in [2.75, 3.05) is 0 Å². The van der Waals surface area contributed by atoms with E-state index in [2.05, 4.69) is 4.72 Å². The van der Waals surface area contributed by atoms with Gasteiger partial charge >= 0.3 is 5.97 Å². The minimum absolute atomic E-state index is 0.203. The van der Waals surface area contributed by atoms with E-state index < -0.39 is 22.0 Å². The smallest absolute Gasteiger partial charge is 0.322 e. The van der Waals surface area contributed by atoms with Gasteiger partial charge in [-0.3, -0.25) is 4.79 Å². The molecular formula is C15H23NO4S. The lowest BCUT2D eigenvalue weighted by atomic mass is 10.0. The number of sulfonamides is 1. The molecule has 5 nitrogen and oxygen atoms in total. The van der Waals surface area contributed by atoms with Crippen LogP contribution in [-0.4, -0.2) is 25.5 Å². The van der Waals surface area contributed by atoms with Crippen LogP contribution in [0.4, 0.5) is 0 Å². The second-order valence-electron chi connectivity index (χ2n) is 5.45. The Bertz CT molecular complexity index is 590. The Morgan fingerprint density at radius 3 is 2.24 bits per heavy atom. The van der Waals surface area contributed by atoms with Crippen LogP contribution in [0.25, 0.3) is 0 Å². The quantitative estimate of drug-likeness (QED) is 0.808. The Morgan fingerprint density at radius 2 is 1.81 bits per heavy atom. The molecule has 0 aromatic heterocycles. The molecule has 6 heteroatoms. The second kappa shape index (κ2) is 7.04. The molecule has 2 N–H and O–H groups in total. The van der Waals surface area contributed by atoms with Crippen molar-refractivity contribution in [1.29, 1.82) is 0 Å². The van der Waals surface area contributed by atoms with Crippen LogP contribution >= 0.6 is 0 Å². The first kappa shape index (κ1) is 17.7. The summed E-state index contributed by atoms with van der Waals surface area (Å²) in [5.41, 5.74) is 2.49. The minimum Gasteiger partial charge on any atom is -0.480 e. The predicted octanol–water partition coefficient (Wildman–Crippen LogP) is 2.22. The molecule has 0 aliphatic carbocycles. The van der Waals surface area contributed by atoms with Gasteiger partial charge in [-0.15, -0.1) is 0 Å². The molecule has 1 rings (SSSR count). The number of carbonyl (C=O) groups is 1. The van der Waals surface area contributed by atoms with E-state index in [1.54, 1.807) is 6.92 Å². The number of hydrogen-bond acceptors (Lipinski definition) is 3. The Labute approximate surface area is 126 Å². The molecule has 2 atom stereocenters. The van der Waals surface area contributed by atoms with Gasteiger partial charge in [-0.1, -0.05) is 38.5 Å². The summed E-state index contributed by atoms with van der Waals surface area (Å²) in [5, 5.41) is 9.19. The maximum absolute atomic E-state index is 12.3. The Kier molecular flexibility index (Phi) is 5.92. The van der Waals surface area contributed by atoms with E-state index in [1.807, 2.05) is 39.0 Å². The molecule has 0 aliphatic rings. The molecule has 0 amide bonds. The second-order valence-corrected chi connectivity index (χ2v) is 7.20. The van der Waals surface area contributed by atoms with Crippen LogP contribution in [0.5, 0.6) is 0 Å². The van der Waals surface area contributed by atoms with E-state index in [0.29, 0.717) is 6.42 Å². The first-order chi connectivity index (χ1) is 9.68. The fraction of sp³-hybridized carbons (Fsp3) is 0.533. The number of nitrogens with one attached hydrogen (secondary N) is 1. The highest BCUT2D eigenvalue weighted by Gasteiger charge is 2.28. The summed E-state index contributed by atoms with van der Waals surface area (Å²) in [7, 11) is -3.71. The first-order valence-electron chi connectivity index (χ1n) is 6.95. The fourth-order valence-corrected chi connectivity index (χ4v) is 3.79. The summed E-state index contributed by atoms with van der Waals surface area (Å²) in [6, 6.07) is 4.47. The number of carboxylic acids is 1. The maximum atomic E-state index is 12.3. The summed E-state index contributed by atoms with van der Waals surface area (Å²) in [6.45, 7) is 7.25. The van der Waals surface area contributed by atoms with Gasteiger partial charge < -0.3 is 5.11 Å². The van der Waals surface area contributed by atoms with Crippen LogP contribution < -0.4 is 4.72 Å². The zero-order valence-corrected chi connectivity index (χ0v) is 13.7. The van der Waals surface area contributed by atoms with Gasteiger partial charge in [-0.25, -0.2) is 13.1 Å². The van der Waals surface area contributed by atoms with Gasteiger partial charge in [0.2, 0.25) is 10.0 Å². The molecule has 1 aromatic rings. The van der Waals surface area contributed by atoms with Crippen molar-refractivity contribution in [3.8, 4) is 0 Å².